The second-order valence-electron chi connectivity index (χ2n) is 6.26. The Hall–Kier alpha value is -2.25. The van der Waals surface area contributed by atoms with E-state index in [0.29, 0.717) is 29.2 Å². The van der Waals surface area contributed by atoms with Crippen LogP contribution in [0.5, 0.6) is 0 Å². The Morgan fingerprint density at radius 1 is 1.29 bits per heavy atom. The molecule has 3 aromatic rings. The Morgan fingerprint density at radius 2 is 2.07 bits per heavy atom. The van der Waals surface area contributed by atoms with Gasteiger partial charge in [-0.25, -0.2) is 0 Å². The summed E-state index contributed by atoms with van der Waals surface area (Å²) in [7, 11) is 0. The lowest BCUT2D eigenvalue weighted by Crippen LogP contribution is -2.18. The molecule has 0 saturated heterocycles. The van der Waals surface area contributed by atoms with Crippen molar-refractivity contribution in [2.75, 3.05) is 6.61 Å². The maximum atomic E-state index is 12.2. The molecule has 0 bridgehead atoms. The molecule has 0 fully saturated rings. The molecule has 148 valence electrons. The van der Waals surface area contributed by atoms with Crippen molar-refractivity contribution >= 4 is 29.3 Å². The maximum absolute atomic E-state index is 12.2. The van der Waals surface area contributed by atoms with E-state index in [9.17, 15) is 4.79 Å². The molecule has 0 spiro atoms. The summed E-state index contributed by atoms with van der Waals surface area (Å²) >= 11 is 7.33. The van der Waals surface area contributed by atoms with Gasteiger partial charge in [0, 0.05) is 10.6 Å². The highest BCUT2D eigenvalue weighted by Crippen LogP contribution is 2.29. The molecule has 8 heteroatoms. The van der Waals surface area contributed by atoms with Gasteiger partial charge in [-0.05, 0) is 49.7 Å². The minimum atomic E-state index is -0.394. The van der Waals surface area contributed by atoms with Crippen LogP contribution < -0.4 is 0 Å². The molecule has 3 rings (SSSR count). The quantitative estimate of drug-likeness (QED) is 0.274. The number of carbonyl (C=O) groups excluding carboxylic acids is 1. The van der Waals surface area contributed by atoms with Crippen LogP contribution in [0.15, 0.2) is 52.2 Å². The zero-order chi connectivity index (χ0) is 19.9. The SMILES string of the molecule is CCCCOC(=O)C(C)Sc1nnc(-c2ccc(Cl)cc2)n1Cc1ccco1. The van der Waals surface area contributed by atoms with Crippen molar-refractivity contribution in [1.82, 2.24) is 14.8 Å². The van der Waals surface area contributed by atoms with Gasteiger partial charge >= 0.3 is 5.97 Å². The van der Waals surface area contributed by atoms with Crippen LogP contribution >= 0.6 is 23.4 Å². The first-order valence-corrected chi connectivity index (χ1v) is 10.4. The van der Waals surface area contributed by atoms with Gasteiger partial charge < -0.3 is 9.15 Å². The smallest absolute Gasteiger partial charge is 0.319 e. The average molecular weight is 420 g/mol. The minimum Gasteiger partial charge on any atom is -0.467 e. The van der Waals surface area contributed by atoms with Crippen LogP contribution in [-0.2, 0) is 16.1 Å². The van der Waals surface area contributed by atoms with E-state index < -0.39 is 5.25 Å². The van der Waals surface area contributed by atoms with Gasteiger partial charge in [0.1, 0.15) is 11.0 Å². The first kappa shape index (κ1) is 20.5. The van der Waals surface area contributed by atoms with Crippen molar-refractivity contribution in [3.05, 3.63) is 53.4 Å². The molecule has 6 nitrogen and oxygen atoms in total. The van der Waals surface area contributed by atoms with Crippen molar-refractivity contribution in [3.8, 4) is 11.4 Å². The summed E-state index contributed by atoms with van der Waals surface area (Å²) in [5.41, 5.74) is 0.883. The molecule has 1 atom stereocenters. The first-order chi connectivity index (χ1) is 13.6. The number of hydrogen-bond acceptors (Lipinski definition) is 6. The van der Waals surface area contributed by atoms with E-state index in [4.69, 9.17) is 20.8 Å². The lowest BCUT2D eigenvalue weighted by Gasteiger charge is -2.12. The van der Waals surface area contributed by atoms with E-state index in [1.807, 2.05) is 47.9 Å². The molecule has 0 saturated carbocycles. The minimum absolute atomic E-state index is 0.251. The van der Waals surface area contributed by atoms with Crippen LogP contribution in [-0.4, -0.2) is 32.6 Å². The standard InChI is InChI=1S/C20H22ClN3O3S/c1-3-4-11-27-19(25)14(2)28-20-23-22-18(15-7-9-16(21)10-8-15)24(20)13-17-6-5-12-26-17/h5-10,12,14H,3-4,11,13H2,1-2H3. The second-order valence-corrected chi connectivity index (χ2v) is 8.00. The number of thioether (sulfide) groups is 1. The van der Waals surface area contributed by atoms with Gasteiger partial charge in [0.05, 0.1) is 19.4 Å². The lowest BCUT2D eigenvalue weighted by molar-refractivity contribution is -0.142. The third-order valence-corrected chi connectivity index (χ3v) is 5.38. The number of carbonyl (C=O) groups is 1. The maximum Gasteiger partial charge on any atom is 0.319 e. The third kappa shape index (κ3) is 5.17. The first-order valence-electron chi connectivity index (χ1n) is 9.13. The zero-order valence-electron chi connectivity index (χ0n) is 15.8. The molecule has 0 radical (unpaired) electrons. The van der Waals surface area contributed by atoms with E-state index in [0.717, 1.165) is 24.2 Å². The molecule has 2 aromatic heterocycles. The Labute approximate surface area is 173 Å². The molecule has 0 aliphatic heterocycles. The van der Waals surface area contributed by atoms with E-state index in [2.05, 4.69) is 17.1 Å². The number of furan rings is 1. The fourth-order valence-corrected chi connectivity index (χ4v) is 3.50. The average Bonchev–Trinajstić information content (AvgIpc) is 3.34. The Bertz CT molecular complexity index is 894. The van der Waals surface area contributed by atoms with Gasteiger partial charge in [0.25, 0.3) is 0 Å². The molecule has 1 aromatic carbocycles. The third-order valence-electron chi connectivity index (χ3n) is 4.07. The predicted octanol–water partition coefficient (Wildman–Crippen LogP) is 5.06. The highest BCUT2D eigenvalue weighted by Gasteiger charge is 2.22. The van der Waals surface area contributed by atoms with E-state index in [1.54, 1.807) is 6.26 Å². The fraction of sp³-hybridized carbons (Fsp3) is 0.350. The molecule has 0 aliphatic rings. The number of unbranched alkanes of at least 4 members (excludes halogenated alkanes) is 1. The molecule has 0 aliphatic carbocycles. The van der Waals surface area contributed by atoms with Crippen LogP contribution in [0.1, 0.15) is 32.4 Å². The number of rotatable bonds is 9. The van der Waals surface area contributed by atoms with Gasteiger partial charge in [-0.3, -0.25) is 9.36 Å². The summed E-state index contributed by atoms with van der Waals surface area (Å²) < 4.78 is 12.7. The molecular weight excluding hydrogens is 398 g/mol. The Morgan fingerprint density at radius 3 is 2.75 bits per heavy atom. The second kappa shape index (κ2) is 9.80. The van der Waals surface area contributed by atoms with Crippen LogP contribution in [0, 0.1) is 0 Å². The van der Waals surface area contributed by atoms with Gasteiger partial charge in [-0.15, -0.1) is 10.2 Å². The van der Waals surface area contributed by atoms with E-state index >= 15 is 0 Å². The molecule has 2 heterocycles. The van der Waals surface area contributed by atoms with Gasteiger partial charge in [-0.2, -0.15) is 0 Å². The number of benzene rings is 1. The normalized spacial score (nSPS) is 12.1. The summed E-state index contributed by atoms with van der Waals surface area (Å²) in [6.07, 6.45) is 3.47. The van der Waals surface area contributed by atoms with Crippen LogP contribution in [0.3, 0.4) is 0 Å². The largest absolute Gasteiger partial charge is 0.467 e. The number of halogens is 1. The molecule has 0 N–H and O–H groups in total. The Kier molecular flexibility index (Phi) is 7.17. The number of ether oxygens (including phenoxy) is 1. The highest BCUT2D eigenvalue weighted by atomic mass is 35.5. The molecule has 28 heavy (non-hydrogen) atoms. The van der Waals surface area contributed by atoms with Crippen LogP contribution in [0.2, 0.25) is 5.02 Å². The molecule has 1 unspecified atom stereocenters. The van der Waals surface area contributed by atoms with Crippen LogP contribution in [0.25, 0.3) is 11.4 Å². The predicted molar refractivity (Wildman–Crippen MR) is 109 cm³/mol. The number of hydrogen-bond donors (Lipinski definition) is 0. The van der Waals surface area contributed by atoms with Gasteiger partial charge in [-0.1, -0.05) is 36.7 Å². The van der Waals surface area contributed by atoms with Crippen LogP contribution in [0.4, 0.5) is 0 Å². The highest BCUT2D eigenvalue weighted by molar-refractivity contribution is 8.00. The topological polar surface area (TPSA) is 70.2 Å². The van der Waals surface area contributed by atoms with E-state index in [1.165, 1.54) is 11.8 Å². The molecule has 0 amide bonds. The van der Waals surface area contributed by atoms with Crippen molar-refractivity contribution < 1.29 is 13.9 Å². The van der Waals surface area contributed by atoms with Crippen molar-refractivity contribution in [2.24, 2.45) is 0 Å². The summed E-state index contributed by atoms with van der Waals surface area (Å²) in [5.74, 6) is 1.20. The summed E-state index contributed by atoms with van der Waals surface area (Å²) in [6.45, 7) is 4.77. The monoisotopic (exact) mass is 419 g/mol. The van der Waals surface area contributed by atoms with Gasteiger partial charge in [0.15, 0.2) is 11.0 Å². The van der Waals surface area contributed by atoms with Crippen molar-refractivity contribution in [3.63, 3.8) is 0 Å². The summed E-state index contributed by atoms with van der Waals surface area (Å²) in [5, 5.41) is 9.53. The van der Waals surface area contributed by atoms with Crippen molar-refractivity contribution in [2.45, 2.75) is 43.6 Å². The zero-order valence-corrected chi connectivity index (χ0v) is 17.4. The fourth-order valence-electron chi connectivity index (χ4n) is 2.53. The molecular formula is C20H22ClN3O3S. The number of aromatic nitrogens is 3. The number of nitrogens with zero attached hydrogens (tertiary/aromatic N) is 3. The van der Waals surface area contributed by atoms with Crippen molar-refractivity contribution in [1.29, 1.82) is 0 Å². The van der Waals surface area contributed by atoms with Gasteiger partial charge in [0.2, 0.25) is 0 Å². The summed E-state index contributed by atoms with van der Waals surface area (Å²) in [6, 6.07) is 11.1. The Balaban J connectivity index is 1.84. The number of esters is 1. The summed E-state index contributed by atoms with van der Waals surface area (Å²) in [4.78, 5) is 12.2. The lowest BCUT2D eigenvalue weighted by atomic mass is 10.2. The van der Waals surface area contributed by atoms with E-state index in [-0.39, 0.29) is 5.97 Å².